The van der Waals surface area contributed by atoms with Gasteiger partial charge in [-0.15, -0.1) is 0 Å². The minimum absolute atomic E-state index is 0.348. The lowest BCUT2D eigenvalue weighted by Crippen LogP contribution is -2.24. The molecule has 1 aromatic carbocycles. The highest BCUT2D eigenvalue weighted by Crippen LogP contribution is 2.31. The number of amides is 2. The Balaban J connectivity index is 2.92. The van der Waals surface area contributed by atoms with E-state index >= 15 is 0 Å². The normalized spacial score (nSPS) is 10.6. The Kier molecular flexibility index (Phi) is 4.38. The SMILES string of the molecule is NC(=O)NN=Cc1ccc(Br)c(Cl)c1Cl. The number of hydrazone groups is 1. The summed E-state index contributed by atoms with van der Waals surface area (Å²) >= 11 is 15.0. The number of rotatable bonds is 2. The molecule has 0 atom stereocenters. The molecule has 7 heteroatoms. The van der Waals surface area contributed by atoms with Gasteiger partial charge in [0.1, 0.15) is 0 Å². The summed E-state index contributed by atoms with van der Waals surface area (Å²) in [5.41, 5.74) is 7.45. The number of hydrogen-bond acceptors (Lipinski definition) is 2. The van der Waals surface area contributed by atoms with E-state index in [-0.39, 0.29) is 0 Å². The third kappa shape index (κ3) is 3.37. The fraction of sp³-hybridized carbons (Fsp3) is 0. The number of nitrogens with two attached hydrogens (primary N) is 1. The predicted molar refractivity (Wildman–Crippen MR) is 64.5 cm³/mol. The molecule has 4 nitrogen and oxygen atoms in total. The Labute approximate surface area is 105 Å². The van der Waals surface area contributed by atoms with Gasteiger partial charge in [0, 0.05) is 10.0 Å². The quantitative estimate of drug-likeness (QED) is 0.492. The van der Waals surface area contributed by atoms with E-state index in [1.165, 1.54) is 6.21 Å². The van der Waals surface area contributed by atoms with Crippen LogP contribution in [-0.2, 0) is 0 Å². The number of hydrogen-bond donors (Lipinski definition) is 2. The molecule has 0 unspecified atom stereocenters. The predicted octanol–water partition coefficient (Wildman–Crippen LogP) is 2.76. The zero-order chi connectivity index (χ0) is 11.4. The summed E-state index contributed by atoms with van der Waals surface area (Å²) in [6, 6.07) is 2.68. The Morgan fingerprint density at radius 1 is 1.47 bits per heavy atom. The van der Waals surface area contributed by atoms with Crippen molar-refractivity contribution in [2.75, 3.05) is 0 Å². The lowest BCUT2D eigenvalue weighted by atomic mass is 10.2. The lowest BCUT2D eigenvalue weighted by molar-refractivity contribution is 0.249. The van der Waals surface area contributed by atoms with Gasteiger partial charge in [0.2, 0.25) is 0 Å². The second-order valence-electron chi connectivity index (χ2n) is 2.50. The first-order valence-electron chi connectivity index (χ1n) is 3.74. The highest BCUT2D eigenvalue weighted by atomic mass is 79.9. The van der Waals surface area contributed by atoms with Gasteiger partial charge < -0.3 is 5.73 Å². The molecule has 1 aromatic rings. The van der Waals surface area contributed by atoms with Crippen LogP contribution in [0.4, 0.5) is 4.79 Å². The summed E-state index contributed by atoms with van der Waals surface area (Å²) in [4.78, 5) is 10.3. The van der Waals surface area contributed by atoms with Crippen molar-refractivity contribution in [3.63, 3.8) is 0 Å². The summed E-state index contributed by atoms with van der Waals surface area (Å²) in [6.07, 6.45) is 1.35. The van der Waals surface area contributed by atoms with Gasteiger partial charge in [-0.3, -0.25) is 0 Å². The molecular formula is C8H6BrCl2N3O. The average Bonchev–Trinajstić information content (AvgIpc) is 2.18. The van der Waals surface area contributed by atoms with Crippen LogP contribution in [0.2, 0.25) is 10.0 Å². The first-order chi connectivity index (χ1) is 7.02. The van der Waals surface area contributed by atoms with E-state index in [1.807, 2.05) is 0 Å². The van der Waals surface area contributed by atoms with Crippen molar-refractivity contribution in [3.8, 4) is 0 Å². The Hall–Kier alpha value is -0.780. The van der Waals surface area contributed by atoms with E-state index in [2.05, 4.69) is 26.5 Å². The maximum Gasteiger partial charge on any atom is 0.332 e. The molecule has 0 saturated carbocycles. The fourth-order valence-corrected chi connectivity index (χ4v) is 1.64. The summed E-state index contributed by atoms with van der Waals surface area (Å²) in [7, 11) is 0. The lowest BCUT2D eigenvalue weighted by Gasteiger charge is -2.02. The minimum atomic E-state index is -0.745. The van der Waals surface area contributed by atoms with E-state index in [0.29, 0.717) is 20.1 Å². The van der Waals surface area contributed by atoms with Crippen LogP contribution < -0.4 is 11.2 Å². The van der Waals surface area contributed by atoms with Gasteiger partial charge in [0.25, 0.3) is 0 Å². The third-order valence-corrected chi connectivity index (χ3v) is 3.23. The molecule has 80 valence electrons. The number of carbonyl (C=O) groups is 1. The van der Waals surface area contributed by atoms with Gasteiger partial charge >= 0.3 is 6.03 Å². The number of primary amides is 1. The topological polar surface area (TPSA) is 67.5 Å². The smallest absolute Gasteiger partial charge is 0.332 e. The molecule has 3 N–H and O–H groups in total. The first kappa shape index (κ1) is 12.3. The van der Waals surface area contributed by atoms with Crippen molar-refractivity contribution in [3.05, 3.63) is 32.2 Å². The van der Waals surface area contributed by atoms with Crippen molar-refractivity contribution < 1.29 is 4.79 Å². The molecule has 0 saturated heterocycles. The summed E-state index contributed by atoms with van der Waals surface area (Å²) in [5, 5.41) is 4.30. The number of benzene rings is 1. The van der Waals surface area contributed by atoms with Crippen LogP contribution in [0.15, 0.2) is 21.7 Å². The van der Waals surface area contributed by atoms with Gasteiger partial charge in [0.05, 0.1) is 16.3 Å². The Morgan fingerprint density at radius 3 is 2.73 bits per heavy atom. The van der Waals surface area contributed by atoms with Crippen LogP contribution in [0.3, 0.4) is 0 Å². The minimum Gasteiger partial charge on any atom is -0.350 e. The van der Waals surface area contributed by atoms with Gasteiger partial charge in [-0.25, -0.2) is 10.2 Å². The Bertz CT molecular complexity index is 423. The first-order valence-corrected chi connectivity index (χ1v) is 5.29. The van der Waals surface area contributed by atoms with Crippen LogP contribution in [0.5, 0.6) is 0 Å². The summed E-state index contributed by atoms with van der Waals surface area (Å²) in [5.74, 6) is 0. The summed E-state index contributed by atoms with van der Waals surface area (Å²) < 4.78 is 0.689. The Morgan fingerprint density at radius 2 is 2.13 bits per heavy atom. The van der Waals surface area contributed by atoms with E-state index < -0.39 is 6.03 Å². The average molecular weight is 311 g/mol. The molecule has 2 amide bonds. The van der Waals surface area contributed by atoms with Crippen molar-refractivity contribution >= 4 is 51.4 Å². The second-order valence-corrected chi connectivity index (χ2v) is 4.11. The molecule has 0 aromatic heterocycles. The fourth-order valence-electron chi connectivity index (χ4n) is 0.806. The van der Waals surface area contributed by atoms with Gasteiger partial charge in [0.15, 0.2) is 0 Å². The number of nitrogens with zero attached hydrogens (tertiary/aromatic N) is 1. The third-order valence-electron chi connectivity index (χ3n) is 1.44. The molecule has 0 bridgehead atoms. The number of halogens is 3. The molecule has 0 aliphatic rings. The molecule has 0 aliphatic heterocycles. The van der Waals surface area contributed by atoms with Crippen LogP contribution in [0.1, 0.15) is 5.56 Å². The van der Waals surface area contributed by atoms with Crippen LogP contribution in [-0.4, -0.2) is 12.2 Å². The highest BCUT2D eigenvalue weighted by molar-refractivity contribution is 9.10. The van der Waals surface area contributed by atoms with E-state index in [9.17, 15) is 4.79 Å². The van der Waals surface area contributed by atoms with Crippen LogP contribution in [0.25, 0.3) is 0 Å². The van der Waals surface area contributed by atoms with Crippen LogP contribution in [0, 0.1) is 0 Å². The monoisotopic (exact) mass is 309 g/mol. The van der Waals surface area contributed by atoms with E-state index in [0.717, 1.165) is 0 Å². The standard InChI is InChI=1S/C8H6BrCl2N3O/c9-5-2-1-4(6(10)7(5)11)3-13-14-8(12)15/h1-3H,(H3,12,14,15). The largest absolute Gasteiger partial charge is 0.350 e. The maximum atomic E-state index is 10.3. The second kappa shape index (κ2) is 5.34. The van der Waals surface area contributed by atoms with Crippen molar-refractivity contribution in [1.82, 2.24) is 5.43 Å². The number of carbonyl (C=O) groups excluding carboxylic acids is 1. The molecule has 0 fully saturated rings. The molecule has 0 radical (unpaired) electrons. The van der Waals surface area contributed by atoms with Crippen molar-refractivity contribution in [2.45, 2.75) is 0 Å². The molecule has 15 heavy (non-hydrogen) atoms. The van der Waals surface area contributed by atoms with Crippen molar-refractivity contribution in [1.29, 1.82) is 0 Å². The zero-order valence-corrected chi connectivity index (χ0v) is 10.4. The van der Waals surface area contributed by atoms with Gasteiger partial charge in [-0.05, 0) is 22.0 Å². The summed E-state index contributed by atoms with van der Waals surface area (Å²) in [6.45, 7) is 0. The highest BCUT2D eigenvalue weighted by Gasteiger charge is 2.06. The van der Waals surface area contributed by atoms with E-state index in [4.69, 9.17) is 28.9 Å². The zero-order valence-electron chi connectivity index (χ0n) is 7.30. The number of nitrogens with one attached hydrogen (secondary N) is 1. The number of urea groups is 1. The van der Waals surface area contributed by atoms with Crippen LogP contribution >= 0.6 is 39.1 Å². The molecule has 0 aliphatic carbocycles. The molecule has 0 spiro atoms. The molecule has 1 rings (SSSR count). The van der Waals surface area contributed by atoms with E-state index in [1.54, 1.807) is 12.1 Å². The maximum absolute atomic E-state index is 10.3. The van der Waals surface area contributed by atoms with Gasteiger partial charge in [-0.1, -0.05) is 29.3 Å². The molecule has 0 heterocycles. The van der Waals surface area contributed by atoms with Crippen molar-refractivity contribution in [2.24, 2.45) is 10.8 Å². The molecular weight excluding hydrogens is 305 g/mol. The van der Waals surface area contributed by atoms with Gasteiger partial charge in [-0.2, -0.15) is 5.10 Å².